The minimum atomic E-state index is -0.346. The first kappa shape index (κ1) is 15.9. The second kappa shape index (κ2) is 7.00. The Morgan fingerprint density at radius 3 is 2.76 bits per heavy atom. The van der Waals surface area contributed by atoms with Crippen molar-refractivity contribution < 1.29 is 9.13 Å². The topological polar surface area (TPSA) is 48.1 Å². The van der Waals surface area contributed by atoms with Crippen LogP contribution in [0, 0.1) is 19.7 Å². The van der Waals surface area contributed by atoms with Gasteiger partial charge in [-0.05, 0) is 38.3 Å². The lowest BCUT2D eigenvalue weighted by atomic mass is 10.0. The number of benzene rings is 1. The van der Waals surface area contributed by atoms with Crippen molar-refractivity contribution in [1.29, 1.82) is 0 Å². The Hall–Kier alpha value is -1.46. The van der Waals surface area contributed by atoms with Gasteiger partial charge in [-0.25, -0.2) is 9.37 Å². The van der Waals surface area contributed by atoms with E-state index in [4.69, 9.17) is 10.5 Å². The predicted molar refractivity (Wildman–Crippen MR) is 84.3 cm³/mol. The fraction of sp³-hybridized carbons (Fsp3) is 0.438. The number of hydrogen-bond donors (Lipinski definition) is 1. The molecule has 1 aromatic heterocycles. The summed E-state index contributed by atoms with van der Waals surface area (Å²) in [6, 6.07) is 4.98. The molecule has 0 aliphatic carbocycles. The van der Waals surface area contributed by atoms with Crippen LogP contribution in [0.15, 0.2) is 18.2 Å². The maximum absolute atomic E-state index is 14.0. The number of halogens is 1. The zero-order valence-corrected chi connectivity index (χ0v) is 13.5. The van der Waals surface area contributed by atoms with Gasteiger partial charge in [0.2, 0.25) is 0 Å². The monoisotopic (exact) mass is 308 g/mol. The van der Waals surface area contributed by atoms with E-state index >= 15 is 0 Å². The van der Waals surface area contributed by atoms with E-state index in [1.165, 1.54) is 6.07 Å². The zero-order chi connectivity index (χ0) is 15.4. The molecular weight excluding hydrogens is 287 g/mol. The number of nitrogens with two attached hydrogens (primary N) is 1. The third-order valence-corrected chi connectivity index (χ3v) is 4.51. The van der Waals surface area contributed by atoms with Crippen LogP contribution in [0.1, 0.15) is 34.5 Å². The standard InChI is InChI=1S/C16H21FN2OS/c1-4-13(18)8-12-6-5-7-14(17)16(12)20-9-15-19-10(2)11(3)21-15/h5-7,13H,4,8-9,18H2,1-3H3. The molecule has 0 amide bonds. The van der Waals surface area contributed by atoms with Crippen molar-refractivity contribution in [2.24, 2.45) is 5.73 Å². The molecule has 2 rings (SSSR count). The lowest BCUT2D eigenvalue weighted by Gasteiger charge is -2.14. The Morgan fingerprint density at radius 2 is 2.14 bits per heavy atom. The maximum Gasteiger partial charge on any atom is 0.165 e. The van der Waals surface area contributed by atoms with Crippen LogP contribution >= 0.6 is 11.3 Å². The normalized spacial score (nSPS) is 12.4. The van der Waals surface area contributed by atoms with E-state index < -0.39 is 0 Å². The summed E-state index contributed by atoms with van der Waals surface area (Å²) >= 11 is 1.58. The van der Waals surface area contributed by atoms with Crippen molar-refractivity contribution in [3.8, 4) is 5.75 Å². The largest absolute Gasteiger partial charge is 0.483 e. The highest BCUT2D eigenvalue weighted by Gasteiger charge is 2.13. The molecule has 0 saturated heterocycles. The molecule has 1 unspecified atom stereocenters. The number of aryl methyl sites for hydroxylation is 2. The van der Waals surface area contributed by atoms with Gasteiger partial charge in [0.15, 0.2) is 11.6 Å². The summed E-state index contributed by atoms with van der Waals surface area (Å²) in [6.07, 6.45) is 1.46. The van der Waals surface area contributed by atoms with Gasteiger partial charge < -0.3 is 10.5 Å². The summed E-state index contributed by atoms with van der Waals surface area (Å²) in [4.78, 5) is 5.57. The van der Waals surface area contributed by atoms with Crippen LogP contribution in [0.3, 0.4) is 0 Å². The second-order valence-corrected chi connectivity index (χ2v) is 6.43. The highest BCUT2D eigenvalue weighted by molar-refractivity contribution is 7.11. The summed E-state index contributed by atoms with van der Waals surface area (Å²) in [5.41, 5.74) is 7.78. The van der Waals surface area contributed by atoms with Crippen molar-refractivity contribution in [3.05, 3.63) is 45.2 Å². The SMILES string of the molecule is CCC(N)Cc1cccc(F)c1OCc1nc(C)c(C)s1. The number of rotatable bonds is 6. The van der Waals surface area contributed by atoms with Gasteiger partial charge in [-0.1, -0.05) is 19.1 Å². The van der Waals surface area contributed by atoms with Gasteiger partial charge in [0.1, 0.15) is 11.6 Å². The molecule has 114 valence electrons. The number of ether oxygens (including phenoxy) is 1. The molecule has 2 aromatic rings. The van der Waals surface area contributed by atoms with Gasteiger partial charge in [-0.2, -0.15) is 0 Å². The van der Waals surface area contributed by atoms with Gasteiger partial charge >= 0.3 is 0 Å². The Balaban J connectivity index is 2.14. The molecule has 0 bridgehead atoms. The van der Waals surface area contributed by atoms with Gasteiger partial charge in [-0.15, -0.1) is 11.3 Å². The first-order chi connectivity index (χ1) is 10.0. The van der Waals surface area contributed by atoms with Crippen LogP contribution < -0.4 is 10.5 Å². The van der Waals surface area contributed by atoms with Gasteiger partial charge in [-0.3, -0.25) is 0 Å². The van der Waals surface area contributed by atoms with Crippen molar-refractivity contribution in [1.82, 2.24) is 4.98 Å². The molecular formula is C16H21FN2OS. The maximum atomic E-state index is 14.0. The van der Waals surface area contributed by atoms with Crippen molar-refractivity contribution in [2.75, 3.05) is 0 Å². The van der Waals surface area contributed by atoms with Crippen LogP contribution in [0.5, 0.6) is 5.75 Å². The first-order valence-corrected chi connectivity index (χ1v) is 7.91. The van der Waals surface area contributed by atoms with Crippen LogP contribution in [-0.4, -0.2) is 11.0 Å². The van der Waals surface area contributed by atoms with Crippen LogP contribution in [0.4, 0.5) is 4.39 Å². The molecule has 0 saturated carbocycles. The van der Waals surface area contributed by atoms with Crippen molar-refractivity contribution >= 4 is 11.3 Å². The second-order valence-electron chi connectivity index (χ2n) is 5.14. The van der Waals surface area contributed by atoms with E-state index in [0.717, 1.165) is 27.6 Å². The third kappa shape index (κ3) is 4.02. The van der Waals surface area contributed by atoms with Crippen LogP contribution in [0.2, 0.25) is 0 Å². The van der Waals surface area contributed by atoms with Crippen LogP contribution in [0.25, 0.3) is 0 Å². The molecule has 0 aliphatic heterocycles. The minimum Gasteiger partial charge on any atom is -0.483 e. The van der Waals surface area contributed by atoms with Gasteiger partial charge in [0.05, 0.1) is 5.69 Å². The Kier molecular flexibility index (Phi) is 5.31. The summed E-state index contributed by atoms with van der Waals surface area (Å²) < 4.78 is 19.7. The highest BCUT2D eigenvalue weighted by atomic mass is 32.1. The number of para-hydroxylation sites is 1. The lowest BCUT2D eigenvalue weighted by molar-refractivity contribution is 0.285. The van der Waals surface area contributed by atoms with E-state index in [2.05, 4.69) is 4.98 Å². The van der Waals surface area contributed by atoms with Gasteiger partial charge in [0, 0.05) is 10.9 Å². The lowest BCUT2D eigenvalue weighted by Crippen LogP contribution is -2.22. The minimum absolute atomic E-state index is 0.0125. The Labute approximate surface area is 129 Å². The molecule has 1 aromatic carbocycles. The fourth-order valence-corrected chi connectivity index (χ4v) is 2.88. The summed E-state index contributed by atoms with van der Waals surface area (Å²) in [5.74, 6) is -0.0484. The molecule has 3 nitrogen and oxygen atoms in total. The highest BCUT2D eigenvalue weighted by Crippen LogP contribution is 2.26. The summed E-state index contributed by atoms with van der Waals surface area (Å²) in [6.45, 7) is 6.29. The first-order valence-electron chi connectivity index (χ1n) is 7.10. The Morgan fingerprint density at radius 1 is 1.38 bits per heavy atom. The summed E-state index contributed by atoms with van der Waals surface area (Å²) in [5, 5.41) is 0.860. The van der Waals surface area contributed by atoms with Crippen molar-refractivity contribution in [2.45, 2.75) is 46.3 Å². The predicted octanol–water partition coefficient (Wildman–Crippen LogP) is 3.76. The number of thiazole rings is 1. The third-order valence-electron chi connectivity index (χ3n) is 3.47. The number of nitrogens with zero attached hydrogens (tertiary/aromatic N) is 1. The summed E-state index contributed by atoms with van der Waals surface area (Å²) in [7, 11) is 0. The molecule has 0 radical (unpaired) electrons. The van der Waals surface area contributed by atoms with Crippen molar-refractivity contribution in [3.63, 3.8) is 0 Å². The molecule has 21 heavy (non-hydrogen) atoms. The molecule has 1 atom stereocenters. The van der Waals surface area contributed by atoms with E-state index in [0.29, 0.717) is 12.2 Å². The molecule has 0 fully saturated rings. The zero-order valence-electron chi connectivity index (χ0n) is 12.6. The van der Waals surface area contributed by atoms with E-state index in [1.54, 1.807) is 17.4 Å². The van der Waals surface area contributed by atoms with E-state index in [1.807, 2.05) is 26.8 Å². The van der Waals surface area contributed by atoms with Gasteiger partial charge in [0.25, 0.3) is 0 Å². The number of aromatic nitrogens is 1. The average molecular weight is 308 g/mol. The van der Waals surface area contributed by atoms with E-state index in [-0.39, 0.29) is 18.5 Å². The smallest absolute Gasteiger partial charge is 0.165 e. The average Bonchev–Trinajstić information content (AvgIpc) is 2.77. The van der Waals surface area contributed by atoms with Crippen LogP contribution in [-0.2, 0) is 13.0 Å². The molecule has 5 heteroatoms. The molecule has 2 N–H and O–H groups in total. The molecule has 0 spiro atoms. The molecule has 0 aliphatic rings. The quantitative estimate of drug-likeness (QED) is 0.884. The molecule has 1 heterocycles. The number of hydrogen-bond acceptors (Lipinski definition) is 4. The Bertz CT molecular complexity index is 593. The van der Waals surface area contributed by atoms with E-state index in [9.17, 15) is 4.39 Å². The fourth-order valence-electron chi connectivity index (χ4n) is 2.04.